The van der Waals surface area contributed by atoms with Crippen molar-refractivity contribution in [3.05, 3.63) is 82.9 Å². The molecule has 2 atom stereocenters. The van der Waals surface area contributed by atoms with Gasteiger partial charge in [-0.1, -0.05) is 35.9 Å². The predicted octanol–water partition coefficient (Wildman–Crippen LogP) is 5.71. The lowest BCUT2D eigenvalue weighted by molar-refractivity contribution is 0.252. The first-order chi connectivity index (χ1) is 13.9. The SMILES string of the molecule is CC1N=CC=C(c2ccc(Cl)c(F)c2)N1C(C)c1cccc(-c2cnn(C)c2)c1. The Kier molecular flexibility index (Phi) is 5.24. The summed E-state index contributed by atoms with van der Waals surface area (Å²) in [6, 6.07) is 13.4. The molecule has 0 fully saturated rings. The molecule has 0 amide bonds. The van der Waals surface area contributed by atoms with Crippen LogP contribution in [0.2, 0.25) is 5.02 Å². The second-order valence-electron chi connectivity index (χ2n) is 7.22. The molecule has 4 rings (SSSR count). The van der Waals surface area contributed by atoms with E-state index in [-0.39, 0.29) is 17.2 Å². The van der Waals surface area contributed by atoms with Crippen molar-refractivity contribution >= 4 is 23.5 Å². The molecule has 3 aromatic rings. The number of halogens is 2. The lowest BCUT2D eigenvalue weighted by Gasteiger charge is -2.38. The molecule has 1 aromatic heterocycles. The van der Waals surface area contributed by atoms with Crippen LogP contribution in [0.25, 0.3) is 16.8 Å². The Labute approximate surface area is 175 Å². The third kappa shape index (κ3) is 3.83. The van der Waals surface area contributed by atoms with Gasteiger partial charge in [0, 0.05) is 36.3 Å². The quantitative estimate of drug-likeness (QED) is 0.553. The smallest absolute Gasteiger partial charge is 0.142 e. The van der Waals surface area contributed by atoms with E-state index in [1.165, 1.54) is 6.07 Å². The van der Waals surface area contributed by atoms with Gasteiger partial charge < -0.3 is 4.90 Å². The maximum atomic E-state index is 14.1. The van der Waals surface area contributed by atoms with Crippen molar-refractivity contribution in [1.29, 1.82) is 0 Å². The van der Waals surface area contributed by atoms with Crippen LogP contribution in [0.3, 0.4) is 0 Å². The highest BCUT2D eigenvalue weighted by molar-refractivity contribution is 6.30. The van der Waals surface area contributed by atoms with Gasteiger partial charge in [-0.15, -0.1) is 0 Å². The molecule has 2 unspecified atom stereocenters. The molecule has 0 aliphatic carbocycles. The molecule has 0 saturated carbocycles. The molecule has 0 spiro atoms. The zero-order chi connectivity index (χ0) is 20.5. The summed E-state index contributed by atoms with van der Waals surface area (Å²) in [7, 11) is 1.91. The number of aliphatic imine (C=N–C) groups is 1. The van der Waals surface area contributed by atoms with E-state index in [2.05, 4.69) is 46.2 Å². The van der Waals surface area contributed by atoms with Gasteiger partial charge in [0.15, 0.2) is 0 Å². The van der Waals surface area contributed by atoms with Crippen LogP contribution >= 0.6 is 11.6 Å². The molecule has 4 nitrogen and oxygen atoms in total. The summed E-state index contributed by atoms with van der Waals surface area (Å²) in [4.78, 5) is 6.75. The molecule has 0 N–H and O–H groups in total. The summed E-state index contributed by atoms with van der Waals surface area (Å²) < 4.78 is 15.9. The Morgan fingerprint density at radius 3 is 2.66 bits per heavy atom. The minimum atomic E-state index is -0.425. The molecule has 0 bridgehead atoms. The molecular formula is C23H22ClFN4. The van der Waals surface area contributed by atoms with Crippen LogP contribution in [0.4, 0.5) is 4.39 Å². The average Bonchev–Trinajstić information content (AvgIpc) is 3.16. The van der Waals surface area contributed by atoms with E-state index in [1.54, 1.807) is 17.0 Å². The summed E-state index contributed by atoms with van der Waals surface area (Å²) in [5.74, 6) is -0.425. The first-order valence-corrected chi connectivity index (χ1v) is 9.88. The van der Waals surface area contributed by atoms with Gasteiger partial charge >= 0.3 is 0 Å². The highest BCUT2D eigenvalue weighted by Gasteiger charge is 2.26. The minimum Gasteiger partial charge on any atom is -0.343 e. The van der Waals surface area contributed by atoms with Gasteiger partial charge in [-0.3, -0.25) is 9.67 Å². The fraction of sp³-hybridized carbons (Fsp3) is 0.217. The first kappa shape index (κ1) is 19.4. The zero-order valence-electron chi connectivity index (χ0n) is 16.6. The van der Waals surface area contributed by atoms with Crippen molar-refractivity contribution < 1.29 is 4.39 Å². The Hall–Kier alpha value is -2.92. The van der Waals surface area contributed by atoms with Gasteiger partial charge in [-0.05, 0) is 49.2 Å². The topological polar surface area (TPSA) is 33.4 Å². The second kappa shape index (κ2) is 7.84. The van der Waals surface area contributed by atoms with Crippen molar-refractivity contribution in [2.75, 3.05) is 0 Å². The van der Waals surface area contributed by atoms with Crippen LogP contribution in [-0.2, 0) is 7.05 Å². The minimum absolute atomic E-state index is 0.0315. The van der Waals surface area contributed by atoms with E-state index in [1.807, 2.05) is 38.5 Å². The zero-order valence-corrected chi connectivity index (χ0v) is 17.3. The maximum Gasteiger partial charge on any atom is 0.142 e. The molecule has 2 aromatic carbocycles. The van der Waals surface area contributed by atoms with Gasteiger partial charge in [0.2, 0.25) is 0 Å². The number of nitrogens with zero attached hydrogens (tertiary/aromatic N) is 4. The van der Waals surface area contributed by atoms with E-state index >= 15 is 0 Å². The van der Waals surface area contributed by atoms with E-state index in [4.69, 9.17) is 11.6 Å². The molecule has 1 aliphatic rings. The number of hydrogen-bond acceptors (Lipinski definition) is 3. The number of rotatable bonds is 4. The van der Waals surface area contributed by atoms with Crippen molar-refractivity contribution in [3.63, 3.8) is 0 Å². The number of aromatic nitrogens is 2. The molecule has 0 radical (unpaired) electrons. The summed E-state index contributed by atoms with van der Waals surface area (Å²) in [5, 5.41) is 4.39. The van der Waals surface area contributed by atoms with Crippen molar-refractivity contribution in [3.8, 4) is 11.1 Å². The van der Waals surface area contributed by atoms with E-state index < -0.39 is 5.82 Å². The van der Waals surface area contributed by atoms with Gasteiger partial charge in [-0.2, -0.15) is 5.10 Å². The highest BCUT2D eigenvalue weighted by atomic mass is 35.5. The van der Waals surface area contributed by atoms with Gasteiger partial charge in [0.25, 0.3) is 0 Å². The third-order valence-electron chi connectivity index (χ3n) is 5.25. The fourth-order valence-electron chi connectivity index (χ4n) is 3.74. The van der Waals surface area contributed by atoms with Crippen molar-refractivity contribution in [2.24, 2.45) is 12.0 Å². The molecule has 6 heteroatoms. The standard InChI is InChI=1S/C23H22ClFN4/c1-15(17-5-4-6-18(11-17)20-13-27-28(3)14-20)29-16(2)26-10-9-23(29)19-7-8-21(24)22(25)12-19/h4-16H,1-3H3. The first-order valence-electron chi connectivity index (χ1n) is 9.50. The number of hydrogen-bond donors (Lipinski definition) is 0. The van der Waals surface area contributed by atoms with Crippen LogP contribution in [0.5, 0.6) is 0 Å². The van der Waals surface area contributed by atoms with Crippen molar-refractivity contribution in [1.82, 2.24) is 14.7 Å². The van der Waals surface area contributed by atoms with Crippen LogP contribution in [-0.4, -0.2) is 27.1 Å². The lowest BCUT2D eigenvalue weighted by atomic mass is 9.98. The Balaban J connectivity index is 1.71. The molecule has 1 aliphatic heterocycles. The molecule has 0 saturated heterocycles. The van der Waals surface area contributed by atoms with Crippen LogP contribution < -0.4 is 0 Å². The third-order valence-corrected chi connectivity index (χ3v) is 5.56. The normalized spacial score (nSPS) is 17.3. The number of benzene rings is 2. The maximum absolute atomic E-state index is 14.1. The molecule has 29 heavy (non-hydrogen) atoms. The summed E-state index contributed by atoms with van der Waals surface area (Å²) in [5.41, 5.74) is 5.03. The van der Waals surface area contributed by atoms with Crippen LogP contribution in [0.1, 0.15) is 31.0 Å². The summed E-state index contributed by atoms with van der Waals surface area (Å²) >= 11 is 5.88. The fourth-order valence-corrected chi connectivity index (χ4v) is 3.86. The summed E-state index contributed by atoms with van der Waals surface area (Å²) in [6.45, 7) is 4.18. The van der Waals surface area contributed by atoms with E-state index in [9.17, 15) is 4.39 Å². The van der Waals surface area contributed by atoms with Gasteiger partial charge in [0.05, 0.1) is 17.3 Å². The molecular weight excluding hydrogens is 387 g/mol. The van der Waals surface area contributed by atoms with Gasteiger partial charge in [0.1, 0.15) is 12.0 Å². The molecule has 148 valence electrons. The Morgan fingerprint density at radius 1 is 1.10 bits per heavy atom. The average molecular weight is 409 g/mol. The molecule has 2 heterocycles. The second-order valence-corrected chi connectivity index (χ2v) is 7.63. The van der Waals surface area contributed by atoms with Crippen LogP contribution in [0, 0.1) is 5.82 Å². The van der Waals surface area contributed by atoms with E-state index in [0.717, 1.165) is 28.0 Å². The monoisotopic (exact) mass is 408 g/mol. The largest absolute Gasteiger partial charge is 0.343 e. The van der Waals surface area contributed by atoms with E-state index in [0.29, 0.717) is 0 Å². The highest BCUT2D eigenvalue weighted by Crippen LogP contribution is 2.35. The van der Waals surface area contributed by atoms with Gasteiger partial charge in [-0.25, -0.2) is 4.39 Å². The lowest BCUT2D eigenvalue weighted by Crippen LogP contribution is -2.35. The summed E-state index contributed by atoms with van der Waals surface area (Å²) in [6.07, 6.45) is 7.48. The van der Waals surface area contributed by atoms with Crippen LogP contribution in [0.15, 0.2) is 65.9 Å². The predicted molar refractivity (Wildman–Crippen MR) is 116 cm³/mol. The number of allylic oxidation sites excluding steroid dienone is 1. The Bertz CT molecular complexity index is 1100. The van der Waals surface area contributed by atoms with Crippen molar-refractivity contribution in [2.45, 2.75) is 26.1 Å². The Morgan fingerprint density at radius 2 is 1.93 bits per heavy atom. The number of aryl methyl sites for hydroxylation is 1.